The van der Waals surface area contributed by atoms with Crippen molar-refractivity contribution in [3.8, 4) is 0 Å². The van der Waals surface area contributed by atoms with Crippen LogP contribution in [0.25, 0.3) is 0 Å². The summed E-state index contributed by atoms with van der Waals surface area (Å²) in [5, 5.41) is 0. The first-order valence-electron chi connectivity index (χ1n) is 25.7. The van der Waals surface area contributed by atoms with Gasteiger partial charge in [0.2, 0.25) is 0 Å². The molecule has 6 heteroatoms. The number of hydrogen-bond acceptors (Lipinski definition) is 6. The maximum Gasteiger partial charge on any atom is 0.306 e. The number of ether oxygens (including phenoxy) is 3. The molecule has 0 N–H and O–H groups in total. The zero-order valence-corrected chi connectivity index (χ0v) is 39.1. The van der Waals surface area contributed by atoms with Crippen LogP contribution in [-0.4, -0.2) is 37.2 Å². The number of hydrogen-bond donors (Lipinski definition) is 0. The third kappa shape index (κ3) is 45.2. The maximum atomic E-state index is 12.8. The van der Waals surface area contributed by atoms with E-state index in [9.17, 15) is 14.4 Å². The number of carbonyl (C=O) groups excluding carboxylic acids is 3. The molecule has 58 heavy (non-hydrogen) atoms. The third-order valence-corrected chi connectivity index (χ3v) is 11.5. The van der Waals surface area contributed by atoms with E-state index < -0.39 is 6.10 Å². The van der Waals surface area contributed by atoms with E-state index in [0.717, 1.165) is 64.2 Å². The molecule has 6 nitrogen and oxygen atoms in total. The molecule has 0 radical (unpaired) electrons. The van der Waals surface area contributed by atoms with Crippen molar-refractivity contribution in [3.05, 3.63) is 12.2 Å². The minimum Gasteiger partial charge on any atom is -0.462 e. The molecule has 0 aromatic rings. The monoisotopic (exact) mass is 819 g/mol. The molecular formula is C52H98O6. The molecule has 342 valence electrons. The lowest BCUT2D eigenvalue weighted by Gasteiger charge is -2.18. The molecule has 0 fully saturated rings. The predicted molar refractivity (Wildman–Crippen MR) is 247 cm³/mol. The van der Waals surface area contributed by atoms with Gasteiger partial charge >= 0.3 is 17.9 Å². The summed E-state index contributed by atoms with van der Waals surface area (Å²) < 4.78 is 16.8. The van der Waals surface area contributed by atoms with Crippen LogP contribution in [0.3, 0.4) is 0 Å². The summed E-state index contributed by atoms with van der Waals surface area (Å²) in [6, 6.07) is 0. The Balaban J connectivity index is 4.32. The molecule has 0 aliphatic heterocycles. The van der Waals surface area contributed by atoms with Gasteiger partial charge in [0.1, 0.15) is 13.2 Å². The molecule has 0 amide bonds. The summed E-state index contributed by atoms with van der Waals surface area (Å²) in [6.45, 7) is 6.64. The van der Waals surface area contributed by atoms with E-state index in [2.05, 4.69) is 32.9 Å². The van der Waals surface area contributed by atoms with Crippen LogP contribution < -0.4 is 0 Å². The van der Waals surface area contributed by atoms with Crippen LogP contribution >= 0.6 is 0 Å². The Bertz CT molecular complexity index is 900. The lowest BCUT2D eigenvalue weighted by Crippen LogP contribution is -2.30. The highest BCUT2D eigenvalue weighted by Gasteiger charge is 2.19. The lowest BCUT2D eigenvalue weighted by molar-refractivity contribution is -0.167. The summed E-state index contributed by atoms with van der Waals surface area (Å²) in [5.41, 5.74) is 0. The van der Waals surface area contributed by atoms with Crippen molar-refractivity contribution in [3.63, 3.8) is 0 Å². The van der Waals surface area contributed by atoms with E-state index in [1.807, 2.05) is 0 Å². The van der Waals surface area contributed by atoms with E-state index in [1.54, 1.807) is 0 Å². The quantitative estimate of drug-likeness (QED) is 0.0263. The number of allylic oxidation sites excluding steroid dienone is 2. The maximum absolute atomic E-state index is 12.8. The smallest absolute Gasteiger partial charge is 0.306 e. The Morgan fingerprint density at radius 3 is 0.897 bits per heavy atom. The summed E-state index contributed by atoms with van der Waals surface area (Å²) in [7, 11) is 0. The second-order valence-corrected chi connectivity index (χ2v) is 17.4. The molecule has 0 aliphatic rings. The Hall–Kier alpha value is -1.85. The standard InChI is InChI=1S/C52H98O6/c1-4-7-10-13-16-19-22-25-26-28-30-33-36-39-42-45-51(54)57-48-49(47-56-50(53)44-41-38-35-32-29-24-21-18-15-12-9-6-3)58-52(55)46-43-40-37-34-31-27-23-20-17-14-11-8-5-2/h18,21,49H,4-17,19-20,22-48H2,1-3H3/b21-18-. The summed E-state index contributed by atoms with van der Waals surface area (Å²) >= 11 is 0. The zero-order valence-electron chi connectivity index (χ0n) is 39.1. The molecular weight excluding hydrogens is 721 g/mol. The first-order valence-corrected chi connectivity index (χ1v) is 25.7. The number of rotatable bonds is 47. The zero-order chi connectivity index (χ0) is 42.3. The van der Waals surface area contributed by atoms with Crippen molar-refractivity contribution >= 4 is 17.9 Å². The summed E-state index contributed by atoms with van der Waals surface area (Å²) in [6.07, 6.45) is 51.9. The molecule has 0 spiro atoms. The highest BCUT2D eigenvalue weighted by Crippen LogP contribution is 2.16. The molecule has 1 unspecified atom stereocenters. The van der Waals surface area contributed by atoms with E-state index in [1.165, 1.54) is 180 Å². The van der Waals surface area contributed by atoms with Crippen LogP contribution in [0, 0.1) is 0 Å². The number of unbranched alkanes of at least 4 members (excludes halogenated alkanes) is 34. The molecule has 0 aromatic heterocycles. The predicted octanol–water partition coefficient (Wildman–Crippen LogP) is 16.6. The second-order valence-electron chi connectivity index (χ2n) is 17.4. The molecule has 0 aromatic carbocycles. The Morgan fingerprint density at radius 1 is 0.328 bits per heavy atom. The minimum absolute atomic E-state index is 0.0672. The topological polar surface area (TPSA) is 78.9 Å². The fraction of sp³-hybridized carbons (Fsp3) is 0.904. The average molecular weight is 819 g/mol. The van der Waals surface area contributed by atoms with Gasteiger partial charge < -0.3 is 14.2 Å². The van der Waals surface area contributed by atoms with Gasteiger partial charge in [0.25, 0.3) is 0 Å². The molecule has 0 heterocycles. The van der Waals surface area contributed by atoms with Gasteiger partial charge in [-0.15, -0.1) is 0 Å². The van der Waals surface area contributed by atoms with Gasteiger partial charge in [-0.05, 0) is 44.9 Å². The van der Waals surface area contributed by atoms with Gasteiger partial charge in [0.05, 0.1) is 0 Å². The largest absolute Gasteiger partial charge is 0.462 e. The van der Waals surface area contributed by atoms with Gasteiger partial charge in [-0.2, -0.15) is 0 Å². The van der Waals surface area contributed by atoms with Crippen LogP contribution in [0.5, 0.6) is 0 Å². The molecule has 0 aliphatic carbocycles. The highest BCUT2D eigenvalue weighted by molar-refractivity contribution is 5.71. The van der Waals surface area contributed by atoms with Crippen molar-refractivity contribution < 1.29 is 28.6 Å². The van der Waals surface area contributed by atoms with Crippen molar-refractivity contribution in [2.75, 3.05) is 13.2 Å². The van der Waals surface area contributed by atoms with Gasteiger partial charge in [-0.3, -0.25) is 14.4 Å². The SMILES string of the molecule is CCCCC/C=C\CCCCCCCC(=O)OCC(COC(=O)CCCCCCCCCCCCCCCCC)OC(=O)CCCCCCCCCCCCCCC. The van der Waals surface area contributed by atoms with E-state index >= 15 is 0 Å². The number of esters is 3. The van der Waals surface area contributed by atoms with E-state index in [4.69, 9.17) is 14.2 Å². The fourth-order valence-electron chi connectivity index (χ4n) is 7.61. The molecule has 0 rings (SSSR count). The third-order valence-electron chi connectivity index (χ3n) is 11.5. The van der Waals surface area contributed by atoms with E-state index in [0.29, 0.717) is 19.3 Å². The van der Waals surface area contributed by atoms with Gasteiger partial charge in [0, 0.05) is 19.3 Å². The molecule has 1 atom stereocenters. The average Bonchev–Trinajstić information content (AvgIpc) is 3.22. The summed E-state index contributed by atoms with van der Waals surface area (Å²) in [4.78, 5) is 37.9. The normalized spacial score (nSPS) is 12.0. The first kappa shape index (κ1) is 56.1. The molecule has 0 saturated heterocycles. The van der Waals surface area contributed by atoms with Crippen molar-refractivity contribution in [2.45, 2.75) is 290 Å². The highest BCUT2D eigenvalue weighted by atomic mass is 16.6. The van der Waals surface area contributed by atoms with Crippen molar-refractivity contribution in [2.24, 2.45) is 0 Å². The van der Waals surface area contributed by atoms with Crippen LogP contribution in [-0.2, 0) is 28.6 Å². The molecule has 0 bridgehead atoms. The van der Waals surface area contributed by atoms with Crippen LogP contribution in [0.1, 0.15) is 284 Å². The summed E-state index contributed by atoms with van der Waals surface area (Å²) in [5.74, 6) is -0.861. The van der Waals surface area contributed by atoms with Gasteiger partial charge in [-0.1, -0.05) is 232 Å². The fourth-order valence-corrected chi connectivity index (χ4v) is 7.61. The van der Waals surface area contributed by atoms with Crippen molar-refractivity contribution in [1.82, 2.24) is 0 Å². The minimum atomic E-state index is -0.765. The Labute approximate surface area is 360 Å². The van der Waals surface area contributed by atoms with Gasteiger partial charge in [0.15, 0.2) is 6.10 Å². The van der Waals surface area contributed by atoms with Crippen LogP contribution in [0.15, 0.2) is 12.2 Å². The first-order chi connectivity index (χ1) is 28.5. The number of carbonyl (C=O) groups is 3. The van der Waals surface area contributed by atoms with Crippen LogP contribution in [0.2, 0.25) is 0 Å². The Morgan fingerprint density at radius 2 is 0.569 bits per heavy atom. The Kier molecular flexibility index (Phi) is 46.3. The lowest BCUT2D eigenvalue weighted by atomic mass is 10.0. The van der Waals surface area contributed by atoms with Crippen LogP contribution in [0.4, 0.5) is 0 Å². The van der Waals surface area contributed by atoms with Gasteiger partial charge in [-0.25, -0.2) is 0 Å². The second kappa shape index (κ2) is 47.8. The molecule has 0 saturated carbocycles. The van der Waals surface area contributed by atoms with Crippen molar-refractivity contribution in [1.29, 1.82) is 0 Å². The van der Waals surface area contributed by atoms with E-state index in [-0.39, 0.29) is 31.1 Å².